The van der Waals surface area contributed by atoms with Crippen molar-refractivity contribution >= 4 is 17.9 Å². The molecule has 0 saturated heterocycles. The van der Waals surface area contributed by atoms with Gasteiger partial charge >= 0.3 is 12.0 Å². The summed E-state index contributed by atoms with van der Waals surface area (Å²) in [6, 6.07) is 16.4. The van der Waals surface area contributed by atoms with Crippen LogP contribution < -0.4 is 10.1 Å². The first-order chi connectivity index (χ1) is 13.2. The summed E-state index contributed by atoms with van der Waals surface area (Å²) in [5, 5.41) is 2.49. The van der Waals surface area contributed by atoms with Gasteiger partial charge in [0.1, 0.15) is 18.6 Å². The third-order valence-electron chi connectivity index (χ3n) is 3.57. The highest BCUT2D eigenvalue weighted by atomic mass is 16.5. The van der Waals surface area contributed by atoms with E-state index in [1.54, 1.807) is 31.2 Å². The zero-order valence-corrected chi connectivity index (χ0v) is 14.7. The molecule has 0 radical (unpaired) electrons. The molecule has 7 heteroatoms. The van der Waals surface area contributed by atoms with Crippen LogP contribution in [0.4, 0.5) is 6.01 Å². The average molecular weight is 366 g/mol. The first-order valence-corrected chi connectivity index (χ1v) is 8.36. The number of rotatable bonds is 7. The molecule has 138 valence electrons. The van der Waals surface area contributed by atoms with Crippen molar-refractivity contribution in [3.05, 3.63) is 77.7 Å². The zero-order chi connectivity index (χ0) is 19.1. The van der Waals surface area contributed by atoms with Crippen molar-refractivity contribution < 1.29 is 23.5 Å². The Bertz CT molecular complexity index is 904. The van der Waals surface area contributed by atoms with Gasteiger partial charge in [0, 0.05) is 5.56 Å². The summed E-state index contributed by atoms with van der Waals surface area (Å²) < 4.78 is 15.6. The molecular formula is C20H18N2O5. The Morgan fingerprint density at radius 3 is 2.52 bits per heavy atom. The Kier molecular flexibility index (Phi) is 5.84. The summed E-state index contributed by atoms with van der Waals surface area (Å²) in [5.74, 6) is -0.375. The van der Waals surface area contributed by atoms with E-state index < -0.39 is 11.9 Å². The normalized spacial score (nSPS) is 10.3. The Balaban J connectivity index is 1.56. The van der Waals surface area contributed by atoms with E-state index >= 15 is 0 Å². The van der Waals surface area contributed by atoms with Crippen molar-refractivity contribution in [3.63, 3.8) is 0 Å². The van der Waals surface area contributed by atoms with Gasteiger partial charge in [-0.1, -0.05) is 30.3 Å². The molecular weight excluding hydrogens is 348 g/mol. The topological polar surface area (TPSA) is 90.7 Å². The van der Waals surface area contributed by atoms with E-state index in [0.717, 1.165) is 11.8 Å². The maximum atomic E-state index is 12.2. The average Bonchev–Trinajstić information content (AvgIpc) is 3.16. The van der Waals surface area contributed by atoms with Crippen LogP contribution >= 0.6 is 0 Å². The number of nitrogens with zero attached hydrogens (tertiary/aromatic N) is 1. The number of hydrogen-bond acceptors (Lipinski definition) is 6. The van der Waals surface area contributed by atoms with E-state index in [2.05, 4.69) is 10.3 Å². The van der Waals surface area contributed by atoms with Crippen LogP contribution in [0.15, 0.2) is 65.3 Å². The van der Waals surface area contributed by atoms with Crippen LogP contribution in [0.25, 0.3) is 0 Å². The third-order valence-corrected chi connectivity index (χ3v) is 3.57. The van der Waals surface area contributed by atoms with Gasteiger partial charge in [0.15, 0.2) is 5.69 Å². The number of carbonyl (C=O) groups excluding carboxylic acids is 2. The first-order valence-electron chi connectivity index (χ1n) is 8.36. The molecule has 0 fully saturated rings. The molecule has 0 bridgehead atoms. The number of oxazole rings is 1. The second-order valence-electron chi connectivity index (χ2n) is 5.51. The molecule has 1 aromatic heterocycles. The van der Waals surface area contributed by atoms with E-state index in [0.29, 0.717) is 17.9 Å². The molecule has 27 heavy (non-hydrogen) atoms. The van der Waals surface area contributed by atoms with Gasteiger partial charge in [0.25, 0.3) is 5.91 Å². The Morgan fingerprint density at radius 1 is 1.07 bits per heavy atom. The third kappa shape index (κ3) is 4.94. The smallest absolute Gasteiger partial charge is 0.360 e. The molecule has 1 heterocycles. The summed E-state index contributed by atoms with van der Waals surface area (Å²) >= 11 is 0. The summed E-state index contributed by atoms with van der Waals surface area (Å²) in [7, 11) is 0. The molecule has 3 aromatic rings. The van der Waals surface area contributed by atoms with Crippen LogP contribution in [0.2, 0.25) is 0 Å². The molecule has 1 N–H and O–H groups in total. The Labute approximate surface area is 155 Å². The Hall–Kier alpha value is -3.61. The standard InChI is InChI=1S/C20H18N2O5/c1-2-25-19(24)17-13-27-20(21-17)22-18(23)15-8-10-16(11-9-15)26-12-14-6-4-3-5-7-14/h3-11,13H,2,12H2,1H3,(H,21,22,23). The number of carbonyl (C=O) groups is 2. The van der Waals surface area contributed by atoms with Crippen molar-refractivity contribution in [2.24, 2.45) is 0 Å². The summed E-state index contributed by atoms with van der Waals surface area (Å²) in [6.45, 7) is 2.36. The van der Waals surface area contributed by atoms with Crippen molar-refractivity contribution in [1.29, 1.82) is 0 Å². The molecule has 0 aliphatic heterocycles. The molecule has 0 unspecified atom stereocenters. The van der Waals surface area contributed by atoms with Gasteiger partial charge in [0.2, 0.25) is 0 Å². The zero-order valence-electron chi connectivity index (χ0n) is 14.7. The maximum absolute atomic E-state index is 12.2. The van der Waals surface area contributed by atoms with Crippen molar-refractivity contribution in [3.8, 4) is 5.75 Å². The van der Waals surface area contributed by atoms with Crippen molar-refractivity contribution in [1.82, 2.24) is 4.98 Å². The molecule has 1 amide bonds. The molecule has 0 atom stereocenters. The lowest BCUT2D eigenvalue weighted by molar-refractivity contribution is 0.0519. The quantitative estimate of drug-likeness (QED) is 0.642. The van der Waals surface area contributed by atoms with Gasteiger partial charge in [-0.15, -0.1) is 0 Å². The van der Waals surface area contributed by atoms with E-state index in [4.69, 9.17) is 13.9 Å². The molecule has 0 saturated carbocycles. The minimum absolute atomic E-state index is 0.00295. The van der Waals surface area contributed by atoms with Gasteiger partial charge in [-0.25, -0.2) is 4.79 Å². The predicted octanol–water partition coefficient (Wildman–Crippen LogP) is 3.68. The molecule has 0 aliphatic rings. The largest absolute Gasteiger partial charge is 0.489 e. The fourth-order valence-electron chi connectivity index (χ4n) is 2.24. The van der Waals surface area contributed by atoms with Gasteiger partial charge < -0.3 is 13.9 Å². The van der Waals surface area contributed by atoms with Gasteiger partial charge in [-0.05, 0) is 36.8 Å². The monoisotopic (exact) mass is 366 g/mol. The van der Waals surface area contributed by atoms with Crippen LogP contribution in [-0.2, 0) is 11.3 Å². The summed E-state index contributed by atoms with van der Waals surface area (Å²) in [5.41, 5.74) is 1.45. The number of aromatic nitrogens is 1. The van der Waals surface area contributed by atoms with E-state index in [-0.39, 0.29) is 18.3 Å². The first kappa shape index (κ1) is 18.2. The number of benzene rings is 2. The van der Waals surface area contributed by atoms with Crippen molar-refractivity contribution in [2.45, 2.75) is 13.5 Å². The van der Waals surface area contributed by atoms with Crippen LogP contribution in [0.3, 0.4) is 0 Å². The van der Waals surface area contributed by atoms with E-state index in [9.17, 15) is 9.59 Å². The number of esters is 1. The molecule has 7 nitrogen and oxygen atoms in total. The fraction of sp³-hybridized carbons (Fsp3) is 0.150. The predicted molar refractivity (Wildman–Crippen MR) is 97.6 cm³/mol. The number of hydrogen-bond donors (Lipinski definition) is 1. The number of amides is 1. The molecule has 0 spiro atoms. The van der Waals surface area contributed by atoms with Crippen LogP contribution in [-0.4, -0.2) is 23.5 Å². The fourth-order valence-corrected chi connectivity index (χ4v) is 2.24. The highest BCUT2D eigenvalue weighted by molar-refractivity contribution is 6.03. The Morgan fingerprint density at radius 2 is 1.81 bits per heavy atom. The summed E-state index contributed by atoms with van der Waals surface area (Å²) in [4.78, 5) is 27.7. The second kappa shape index (κ2) is 8.66. The number of anilines is 1. The number of nitrogens with one attached hydrogen (secondary N) is 1. The highest BCUT2D eigenvalue weighted by Crippen LogP contribution is 2.16. The van der Waals surface area contributed by atoms with Crippen LogP contribution in [0, 0.1) is 0 Å². The van der Waals surface area contributed by atoms with E-state index in [1.165, 1.54) is 0 Å². The molecule has 2 aromatic carbocycles. The second-order valence-corrected chi connectivity index (χ2v) is 5.51. The van der Waals surface area contributed by atoms with Gasteiger partial charge in [-0.3, -0.25) is 10.1 Å². The van der Waals surface area contributed by atoms with Gasteiger partial charge in [-0.2, -0.15) is 4.98 Å². The van der Waals surface area contributed by atoms with Crippen molar-refractivity contribution in [2.75, 3.05) is 11.9 Å². The van der Waals surface area contributed by atoms with Crippen LogP contribution in [0.1, 0.15) is 33.3 Å². The lowest BCUT2D eigenvalue weighted by Crippen LogP contribution is -2.12. The minimum atomic E-state index is -0.610. The number of ether oxygens (including phenoxy) is 2. The minimum Gasteiger partial charge on any atom is -0.489 e. The maximum Gasteiger partial charge on any atom is 0.360 e. The lowest BCUT2D eigenvalue weighted by Gasteiger charge is -2.07. The molecule has 0 aliphatic carbocycles. The van der Waals surface area contributed by atoms with Gasteiger partial charge in [0.05, 0.1) is 6.61 Å². The highest BCUT2D eigenvalue weighted by Gasteiger charge is 2.15. The SMILES string of the molecule is CCOC(=O)c1coc(NC(=O)c2ccc(OCc3ccccc3)cc2)n1. The molecule has 3 rings (SSSR count). The van der Waals surface area contributed by atoms with Crippen LogP contribution in [0.5, 0.6) is 5.75 Å². The summed E-state index contributed by atoms with van der Waals surface area (Å²) in [6.07, 6.45) is 1.13. The lowest BCUT2D eigenvalue weighted by atomic mass is 10.2. The van der Waals surface area contributed by atoms with E-state index in [1.807, 2.05) is 30.3 Å².